The summed E-state index contributed by atoms with van der Waals surface area (Å²) in [6.07, 6.45) is -0.357. The van der Waals surface area contributed by atoms with E-state index >= 15 is 0 Å². The van der Waals surface area contributed by atoms with E-state index in [9.17, 15) is 19.2 Å². The second-order valence-corrected chi connectivity index (χ2v) is 6.21. The van der Waals surface area contributed by atoms with Crippen molar-refractivity contribution in [3.05, 3.63) is 42.5 Å². The van der Waals surface area contributed by atoms with E-state index in [2.05, 4.69) is 16.0 Å². The molecule has 2 atom stereocenters. The van der Waals surface area contributed by atoms with Crippen molar-refractivity contribution in [3.63, 3.8) is 0 Å². The first-order valence-corrected chi connectivity index (χ1v) is 8.41. The highest BCUT2D eigenvalue weighted by molar-refractivity contribution is 6.00. The van der Waals surface area contributed by atoms with Crippen molar-refractivity contribution >= 4 is 40.1 Å². The molecular formula is C19H22N4O4. The fourth-order valence-electron chi connectivity index (χ4n) is 2.55. The molecule has 0 aromatic heterocycles. The van der Waals surface area contributed by atoms with Crippen LogP contribution in [-0.2, 0) is 19.2 Å². The molecule has 2 aromatic carbocycles. The summed E-state index contributed by atoms with van der Waals surface area (Å²) in [6, 6.07) is 11.2. The highest BCUT2D eigenvalue weighted by atomic mass is 16.2. The predicted octanol–water partition coefficient (Wildman–Crippen LogP) is 0.663. The maximum atomic E-state index is 12.3. The predicted molar refractivity (Wildman–Crippen MR) is 102 cm³/mol. The zero-order valence-corrected chi connectivity index (χ0v) is 15.1. The molecule has 5 N–H and O–H groups in total. The van der Waals surface area contributed by atoms with Gasteiger partial charge in [0.1, 0.15) is 12.1 Å². The number of fused-ring (bicyclic) bond motifs is 1. The molecule has 0 fully saturated rings. The maximum Gasteiger partial charge on any atom is 0.246 e. The molecule has 0 radical (unpaired) electrons. The summed E-state index contributed by atoms with van der Waals surface area (Å²) < 4.78 is 0. The van der Waals surface area contributed by atoms with Gasteiger partial charge >= 0.3 is 0 Å². The lowest BCUT2D eigenvalue weighted by molar-refractivity contribution is -0.132. The van der Waals surface area contributed by atoms with Crippen LogP contribution < -0.4 is 21.7 Å². The minimum atomic E-state index is -1.13. The Morgan fingerprint density at radius 1 is 0.963 bits per heavy atom. The first kappa shape index (κ1) is 19.9. The van der Waals surface area contributed by atoms with Crippen molar-refractivity contribution in [3.8, 4) is 0 Å². The molecule has 2 rings (SSSR count). The van der Waals surface area contributed by atoms with Gasteiger partial charge in [0.15, 0.2) is 0 Å². The molecule has 0 unspecified atom stereocenters. The van der Waals surface area contributed by atoms with Crippen molar-refractivity contribution < 1.29 is 19.2 Å². The number of amides is 4. The van der Waals surface area contributed by atoms with Crippen molar-refractivity contribution in [1.82, 2.24) is 10.6 Å². The molecule has 2 aromatic rings. The van der Waals surface area contributed by atoms with Crippen LogP contribution in [0, 0.1) is 0 Å². The number of nitrogens with two attached hydrogens (primary N) is 1. The largest absolute Gasteiger partial charge is 0.370 e. The van der Waals surface area contributed by atoms with Crippen LogP contribution in [0.2, 0.25) is 0 Å². The first-order valence-electron chi connectivity index (χ1n) is 8.41. The molecule has 0 saturated carbocycles. The summed E-state index contributed by atoms with van der Waals surface area (Å²) in [5.74, 6) is -2.31. The quantitative estimate of drug-likeness (QED) is 0.570. The van der Waals surface area contributed by atoms with Crippen LogP contribution in [0.4, 0.5) is 5.69 Å². The van der Waals surface area contributed by atoms with Gasteiger partial charge in [-0.25, -0.2) is 0 Å². The zero-order chi connectivity index (χ0) is 20.0. The average Bonchev–Trinajstić information content (AvgIpc) is 2.60. The molecular weight excluding hydrogens is 348 g/mol. The topological polar surface area (TPSA) is 130 Å². The zero-order valence-electron chi connectivity index (χ0n) is 15.1. The monoisotopic (exact) mass is 370 g/mol. The molecule has 0 bridgehead atoms. The Morgan fingerprint density at radius 2 is 1.63 bits per heavy atom. The minimum absolute atomic E-state index is 0.357. The van der Waals surface area contributed by atoms with E-state index in [1.807, 2.05) is 36.4 Å². The van der Waals surface area contributed by atoms with Gasteiger partial charge in [-0.1, -0.05) is 30.3 Å². The summed E-state index contributed by atoms with van der Waals surface area (Å²) in [6.45, 7) is 2.72. The molecule has 8 heteroatoms. The number of carbonyl (C=O) groups is 4. The summed E-state index contributed by atoms with van der Waals surface area (Å²) >= 11 is 0. The molecule has 0 aliphatic carbocycles. The highest BCUT2D eigenvalue weighted by Crippen LogP contribution is 2.18. The van der Waals surface area contributed by atoms with Gasteiger partial charge in [0.2, 0.25) is 23.6 Å². The van der Waals surface area contributed by atoms with Crippen LogP contribution in [-0.4, -0.2) is 35.7 Å². The number of carbonyl (C=O) groups excluding carboxylic acids is 4. The van der Waals surface area contributed by atoms with Gasteiger partial charge in [-0.05, 0) is 29.8 Å². The molecule has 4 amide bonds. The van der Waals surface area contributed by atoms with Gasteiger partial charge in [0.05, 0.1) is 6.42 Å². The van der Waals surface area contributed by atoms with E-state index < -0.39 is 35.7 Å². The normalized spacial score (nSPS) is 12.7. The Hall–Kier alpha value is -3.42. The van der Waals surface area contributed by atoms with Gasteiger partial charge in [-0.3, -0.25) is 19.2 Å². The fraction of sp³-hybridized carbons (Fsp3) is 0.263. The van der Waals surface area contributed by atoms with E-state index in [1.54, 1.807) is 6.07 Å². The van der Waals surface area contributed by atoms with Crippen molar-refractivity contribution in [2.24, 2.45) is 5.73 Å². The number of benzene rings is 2. The lowest BCUT2D eigenvalue weighted by Gasteiger charge is -2.19. The van der Waals surface area contributed by atoms with Crippen LogP contribution in [0.3, 0.4) is 0 Å². The van der Waals surface area contributed by atoms with Gasteiger partial charge < -0.3 is 21.7 Å². The molecule has 0 aliphatic rings. The average molecular weight is 370 g/mol. The Kier molecular flexibility index (Phi) is 6.48. The van der Waals surface area contributed by atoms with E-state index in [-0.39, 0.29) is 6.42 Å². The van der Waals surface area contributed by atoms with Gasteiger partial charge in [0, 0.05) is 12.6 Å². The Bertz CT molecular complexity index is 865. The lowest BCUT2D eigenvalue weighted by atomic mass is 10.1. The lowest BCUT2D eigenvalue weighted by Crippen LogP contribution is -2.52. The van der Waals surface area contributed by atoms with Crippen molar-refractivity contribution in [1.29, 1.82) is 0 Å². The fourth-order valence-corrected chi connectivity index (χ4v) is 2.55. The second-order valence-electron chi connectivity index (χ2n) is 6.21. The molecule has 0 saturated heterocycles. The van der Waals surface area contributed by atoms with Gasteiger partial charge in [-0.2, -0.15) is 0 Å². The van der Waals surface area contributed by atoms with Crippen LogP contribution in [0.25, 0.3) is 10.8 Å². The molecule has 142 valence electrons. The molecule has 8 nitrogen and oxygen atoms in total. The maximum absolute atomic E-state index is 12.3. The summed E-state index contributed by atoms with van der Waals surface area (Å²) in [5.41, 5.74) is 5.69. The third-order valence-electron chi connectivity index (χ3n) is 3.87. The van der Waals surface area contributed by atoms with Crippen molar-refractivity contribution in [2.45, 2.75) is 32.4 Å². The number of primary amides is 1. The van der Waals surface area contributed by atoms with Crippen LogP contribution in [0.1, 0.15) is 20.3 Å². The smallest absolute Gasteiger partial charge is 0.246 e. The van der Waals surface area contributed by atoms with E-state index in [0.717, 1.165) is 10.8 Å². The number of hydrogen-bond acceptors (Lipinski definition) is 4. The SMILES string of the molecule is CC(=O)N[C@H](CC(N)=O)C(=O)N[C@@H](C)C(=O)Nc1ccc2ccccc2c1. The summed E-state index contributed by atoms with van der Waals surface area (Å²) in [4.78, 5) is 46.8. The summed E-state index contributed by atoms with van der Waals surface area (Å²) in [7, 11) is 0. The minimum Gasteiger partial charge on any atom is -0.370 e. The Morgan fingerprint density at radius 3 is 2.26 bits per heavy atom. The van der Waals surface area contributed by atoms with Gasteiger partial charge in [0.25, 0.3) is 0 Å². The van der Waals surface area contributed by atoms with Crippen LogP contribution in [0.15, 0.2) is 42.5 Å². The van der Waals surface area contributed by atoms with Gasteiger partial charge in [-0.15, -0.1) is 0 Å². The highest BCUT2D eigenvalue weighted by Gasteiger charge is 2.25. The van der Waals surface area contributed by atoms with Crippen LogP contribution in [0.5, 0.6) is 0 Å². The van der Waals surface area contributed by atoms with E-state index in [0.29, 0.717) is 5.69 Å². The standard InChI is InChI=1S/C19H22N4O4/c1-11(21-19(27)16(10-17(20)25)22-12(2)24)18(26)23-15-8-7-13-5-3-4-6-14(13)9-15/h3-9,11,16H,10H2,1-2H3,(H2,20,25)(H,21,27)(H,22,24)(H,23,26)/t11-,16+/m0/s1. The molecule has 0 heterocycles. The van der Waals surface area contributed by atoms with E-state index in [1.165, 1.54) is 13.8 Å². The number of anilines is 1. The third-order valence-corrected chi connectivity index (χ3v) is 3.87. The summed E-state index contributed by atoms with van der Waals surface area (Å²) in [5, 5.41) is 9.56. The second kappa shape index (κ2) is 8.79. The Labute approximate surface area is 156 Å². The molecule has 0 spiro atoms. The Balaban J connectivity index is 2.01. The first-order chi connectivity index (χ1) is 12.8. The number of nitrogens with one attached hydrogen (secondary N) is 3. The van der Waals surface area contributed by atoms with E-state index in [4.69, 9.17) is 5.73 Å². The van der Waals surface area contributed by atoms with Crippen molar-refractivity contribution in [2.75, 3.05) is 5.32 Å². The molecule has 0 aliphatic heterocycles. The third kappa shape index (κ3) is 5.81. The molecule has 27 heavy (non-hydrogen) atoms. The number of rotatable bonds is 7. The van der Waals surface area contributed by atoms with Crippen LogP contribution >= 0.6 is 0 Å². The number of hydrogen-bond donors (Lipinski definition) is 4.